The van der Waals surface area contributed by atoms with Gasteiger partial charge in [-0.15, -0.1) is 0 Å². The van der Waals surface area contributed by atoms with E-state index in [-0.39, 0.29) is 12.0 Å². The van der Waals surface area contributed by atoms with E-state index in [1.165, 1.54) is 0 Å². The predicted octanol–water partition coefficient (Wildman–Crippen LogP) is 1.20. The molecule has 13 heavy (non-hydrogen) atoms. The number of hydrogen-bond donors (Lipinski definition) is 1. The highest BCUT2D eigenvalue weighted by atomic mass is 16.5. The second kappa shape index (κ2) is 5.58. The lowest BCUT2D eigenvalue weighted by Gasteiger charge is -2.35. The summed E-state index contributed by atoms with van der Waals surface area (Å²) in [5.41, 5.74) is -0.0204. The van der Waals surface area contributed by atoms with Crippen molar-refractivity contribution in [3.8, 4) is 0 Å². The molecule has 0 aromatic carbocycles. The number of ether oxygens (including phenoxy) is 2. The minimum Gasteiger partial charge on any atom is -0.396 e. The summed E-state index contributed by atoms with van der Waals surface area (Å²) in [6.07, 6.45) is 3.04. The monoisotopic (exact) mass is 188 g/mol. The lowest BCUT2D eigenvalue weighted by Crippen LogP contribution is -2.36. The molecule has 1 aliphatic rings. The predicted molar refractivity (Wildman–Crippen MR) is 50.7 cm³/mol. The van der Waals surface area contributed by atoms with Crippen LogP contribution in [0.15, 0.2) is 0 Å². The fourth-order valence-electron chi connectivity index (χ4n) is 1.74. The van der Waals surface area contributed by atoms with Gasteiger partial charge in [-0.05, 0) is 26.2 Å². The van der Waals surface area contributed by atoms with Crippen LogP contribution in [0.1, 0.15) is 26.2 Å². The molecular weight excluding hydrogens is 168 g/mol. The maximum atomic E-state index is 9.31. The molecule has 3 heteroatoms. The van der Waals surface area contributed by atoms with Crippen LogP contribution in [-0.2, 0) is 9.47 Å². The molecule has 0 bridgehead atoms. The Hall–Kier alpha value is -0.120. The van der Waals surface area contributed by atoms with Crippen molar-refractivity contribution in [1.29, 1.82) is 0 Å². The van der Waals surface area contributed by atoms with Crippen molar-refractivity contribution in [3.05, 3.63) is 0 Å². The summed E-state index contributed by atoms with van der Waals surface area (Å²) in [6.45, 7) is 5.23. The van der Waals surface area contributed by atoms with Crippen LogP contribution in [0, 0.1) is 5.41 Å². The lowest BCUT2D eigenvalue weighted by molar-refractivity contribution is -0.0547. The Morgan fingerprint density at radius 1 is 1.54 bits per heavy atom. The standard InChI is InChI=1S/C10H20O3/c1-2-12-7-5-10(8-11)4-3-6-13-9-10/h11H,2-9H2,1H3. The fourth-order valence-corrected chi connectivity index (χ4v) is 1.74. The zero-order chi connectivity index (χ0) is 9.57. The van der Waals surface area contributed by atoms with Crippen molar-refractivity contribution in [2.24, 2.45) is 5.41 Å². The molecule has 78 valence electrons. The smallest absolute Gasteiger partial charge is 0.0545 e. The van der Waals surface area contributed by atoms with Gasteiger partial charge in [-0.3, -0.25) is 0 Å². The zero-order valence-electron chi connectivity index (χ0n) is 8.42. The summed E-state index contributed by atoms with van der Waals surface area (Å²) >= 11 is 0. The second-order valence-corrected chi connectivity index (χ2v) is 3.76. The third-order valence-electron chi connectivity index (χ3n) is 2.72. The fraction of sp³-hybridized carbons (Fsp3) is 1.00. The molecule has 1 unspecified atom stereocenters. The summed E-state index contributed by atoms with van der Waals surface area (Å²) < 4.78 is 10.7. The molecule has 1 fully saturated rings. The molecule has 1 saturated heterocycles. The molecule has 3 nitrogen and oxygen atoms in total. The first-order valence-electron chi connectivity index (χ1n) is 5.09. The van der Waals surface area contributed by atoms with Gasteiger partial charge >= 0.3 is 0 Å². The molecule has 0 aromatic heterocycles. The van der Waals surface area contributed by atoms with Crippen molar-refractivity contribution in [2.45, 2.75) is 26.2 Å². The van der Waals surface area contributed by atoms with Gasteiger partial charge in [0, 0.05) is 25.2 Å². The van der Waals surface area contributed by atoms with E-state index in [1.807, 2.05) is 6.92 Å². The van der Waals surface area contributed by atoms with Crippen LogP contribution in [-0.4, -0.2) is 38.1 Å². The largest absolute Gasteiger partial charge is 0.396 e. The molecule has 1 N–H and O–H groups in total. The Morgan fingerprint density at radius 2 is 2.38 bits per heavy atom. The van der Waals surface area contributed by atoms with E-state index in [0.29, 0.717) is 6.61 Å². The number of rotatable bonds is 5. The molecule has 0 radical (unpaired) electrons. The minimum atomic E-state index is -0.0204. The Kier molecular flexibility index (Phi) is 4.70. The van der Waals surface area contributed by atoms with Gasteiger partial charge in [0.1, 0.15) is 0 Å². The SMILES string of the molecule is CCOCCC1(CO)CCCOC1. The Labute approximate surface area is 80.0 Å². The van der Waals surface area contributed by atoms with E-state index in [9.17, 15) is 5.11 Å². The third-order valence-corrected chi connectivity index (χ3v) is 2.72. The van der Waals surface area contributed by atoms with Crippen molar-refractivity contribution < 1.29 is 14.6 Å². The Bertz CT molecular complexity index is 130. The number of aliphatic hydroxyl groups is 1. The van der Waals surface area contributed by atoms with E-state index in [0.717, 1.165) is 39.1 Å². The van der Waals surface area contributed by atoms with Gasteiger partial charge < -0.3 is 14.6 Å². The Balaban J connectivity index is 2.29. The normalized spacial score (nSPS) is 29.1. The van der Waals surface area contributed by atoms with Gasteiger partial charge in [0.05, 0.1) is 13.2 Å². The van der Waals surface area contributed by atoms with Crippen molar-refractivity contribution in [2.75, 3.05) is 33.0 Å². The highest BCUT2D eigenvalue weighted by molar-refractivity contribution is 4.80. The Morgan fingerprint density at radius 3 is 2.92 bits per heavy atom. The topological polar surface area (TPSA) is 38.7 Å². The summed E-state index contributed by atoms with van der Waals surface area (Å²) in [7, 11) is 0. The lowest BCUT2D eigenvalue weighted by atomic mass is 9.80. The molecule has 1 rings (SSSR count). The summed E-state index contributed by atoms with van der Waals surface area (Å²) in [5, 5.41) is 9.31. The van der Waals surface area contributed by atoms with Gasteiger partial charge in [-0.25, -0.2) is 0 Å². The van der Waals surface area contributed by atoms with Crippen LogP contribution >= 0.6 is 0 Å². The number of hydrogen-bond acceptors (Lipinski definition) is 3. The van der Waals surface area contributed by atoms with E-state index in [2.05, 4.69) is 0 Å². The van der Waals surface area contributed by atoms with Gasteiger partial charge in [-0.1, -0.05) is 0 Å². The molecule has 1 heterocycles. The van der Waals surface area contributed by atoms with Gasteiger partial charge in [0.2, 0.25) is 0 Å². The number of aliphatic hydroxyl groups excluding tert-OH is 1. The van der Waals surface area contributed by atoms with Gasteiger partial charge in [0.25, 0.3) is 0 Å². The van der Waals surface area contributed by atoms with E-state index in [4.69, 9.17) is 9.47 Å². The molecular formula is C10H20O3. The highest BCUT2D eigenvalue weighted by Gasteiger charge is 2.31. The van der Waals surface area contributed by atoms with Crippen LogP contribution in [0.5, 0.6) is 0 Å². The summed E-state index contributed by atoms with van der Waals surface area (Å²) in [4.78, 5) is 0. The molecule has 0 aromatic rings. The first kappa shape index (κ1) is 11.0. The van der Waals surface area contributed by atoms with Crippen molar-refractivity contribution >= 4 is 0 Å². The maximum absolute atomic E-state index is 9.31. The van der Waals surface area contributed by atoms with Crippen molar-refractivity contribution in [3.63, 3.8) is 0 Å². The molecule has 1 atom stereocenters. The van der Waals surface area contributed by atoms with E-state index in [1.54, 1.807) is 0 Å². The van der Waals surface area contributed by atoms with Gasteiger partial charge in [-0.2, -0.15) is 0 Å². The van der Waals surface area contributed by atoms with E-state index < -0.39 is 0 Å². The van der Waals surface area contributed by atoms with Crippen LogP contribution in [0.4, 0.5) is 0 Å². The molecule has 0 spiro atoms. The average molecular weight is 188 g/mol. The van der Waals surface area contributed by atoms with Crippen molar-refractivity contribution in [1.82, 2.24) is 0 Å². The first-order valence-corrected chi connectivity index (χ1v) is 5.09. The van der Waals surface area contributed by atoms with Crippen LogP contribution in [0.2, 0.25) is 0 Å². The first-order chi connectivity index (χ1) is 6.33. The minimum absolute atomic E-state index is 0.0204. The van der Waals surface area contributed by atoms with Crippen LogP contribution in [0.25, 0.3) is 0 Å². The van der Waals surface area contributed by atoms with Gasteiger partial charge in [0.15, 0.2) is 0 Å². The molecule has 0 saturated carbocycles. The molecule has 1 aliphatic heterocycles. The summed E-state index contributed by atoms with van der Waals surface area (Å²) in [6, 6.07) is 0. The second-order valence-electron chi connectivity index (χ2n) is 3.76. The highest BCUT2D eigenvalue weighted by Crippen LogP contribution is 2.31. The average Bonchev–Trinajstić information content (AvgIpc) is 2.20. The van der Waals surface area contributed by atoms with Crippen LogP contribution in [0.3, 0.4) is 0 Å². The summed E-state index contributed by atoms with van der Waals surface area (Å²) in [5.74, 6) is 0. The quantitative estimate of drug-likeness (QED) is 0.659. The molecule has 0 amide bonds. The van der Waals surface area contributed by atoms with Crippen LogP contribution < -0.4 is 0 Å². The molecule has 0 aliphatic carbocycles. The third kappa shape index (κ3) is 3.25. The zero-order valence-corrected chi connectivity index (χ0v) is 8.42. The van der Waals surface area contributed by atoms with E-state index >= 15 is 0 Å². The maximum Gasteiger partial charge on any atom is 0.0545 e.